The molecule has 0 bridgehead atoms. The van der Waals surface area contributed by atoms with E-state index < -0.39 is 7.26 Å². The summed E-state index contributed by atoms with van der Waals surface area (Å²) in [6.45, 7) is 23.1. The summed E-state index contributed by atoms with van der Waals surface area (Å²) >= 11 is 0. The van der Waals surface area contributed by atoms with Gasteiger partial charge >= 0.3 is 179 Å². The second-order valence-corrected chi connectivity index (χ2v) is 13.2. The van der Waals surface area contributed by atoms with Crippen molar-refractivity contribution in [2.75, 3.05) is 6.66 Å². The molecule has 0 spiro atoms. The van der Waals surface area contributed by atoms with Crippen molar-refractivity contribution in [3.8, 4) is 0 Å². The van der Waals surface area contributed by atoms with Crippen LogP contribution in [0.4, 0.5) is 0 Å². The van der Waals surface area contributed by atoms with Gasteiger partial charge in [0.2, 0.25) is 0 Å². The molecule has 0 N–H and O–H groups in total. The molecule has 0 unspecified atom stereocenters. The molecule has 0 saturated carbocycles. The molecule has 0 nitrogen and oxygen atoms in total. The number of benzene rings is 3. The van der Waals surface area contributed by atoms with Crippen LogP contribution in [0.5, 0.6) is 0 Å². The maximum absolute atomic E-state index is 2.59. The first-order chi connectivity index (χ1) is 13.5. The Balaban J connectivity index is 2.55. The summed E-state index contributed by atoms with van der Waals surface area (Å²) in [5.74, 6) is 0. The molecule has 0 saturated heterocycles. The summed E-state index contributed by atoms with van der Waals surface area (Å²) in [6, 6.07) is 14.3. The van der Waals surface area contributed by atoms with Gasteiger partial charge in [-0.05, 0) is 0 Å². The average Bonchev–Trinajstić information content (AvgIpc) is 2.51. The van der Waals surface area contributed by atoms with E-state index in [4.69, 9.17) is 0 Å². The maximum atomic E-state index is 2.59. The van der Waals surface area contributed by atoms with E-state index in [1.54, 1.807) is 15.9 Å². The van der Waals surface area contributed by atoms with Gasteiger partial charge in [0.15, 0.2) is 0 Å². The van der Waals surface area contributed by atoms with E-state index in [2.05, 4.69) is 105 Å². The molecule has 1 heteroatoms. The van der Waals surface area contributed by atoms with E-state index in [1.807, 2.05) is 0 Å². The van der Waals surface area contributed by atoms with Crippen LogP contribution in [0.1, 0.15) is 50.1 Å². The number of aryl methyl sites for hydroxylation is 9. The van der Waals surface area contributed by atoms with E-state index in [-0.39, 0.29) is 0 Å². The quantitative estimate of drug-likeness (QED) is 0.462. The van der Waals surface area contributed by atoms with Gasteiger partial charge < -0.3 is 0 Å². The van der Waals surface area contributed by atoms with Gasteiger partial charge in [-0.1, -0.05) is 0 Å². The summed E-state index contributed by atoms with van der Waals surface area (Å²) in [5, 5.41) is 4.77. The Labute approximate surface area is 178 Å². The Morgan fingerprint density at radius 2 is 0.552 bits per heavy atom. The minimum absolute atomic E-state index is 1.36. The zero-order valence-corrected chi connectivity index (χ0v) is 21.0. The van der Waals surface area contributed by atoms with Crippen LogP contribution in [0.25, 0.3) is 0 Å². The molecule has 0 fully saturated rings. The SMILES string of the molecule is Cc1cc(C)c([PH](C)(c2c(C)cc(C)cc2C)c2c(C)cc(C)cc2C)c(C)c1. The molecular formula is C28H37P. The second-order valence-electron chi connectivity index (χ2n) is 9.45. The molecular weight excluding hydrogens is 367 g/mol. The minimum atomic E-state index is -2.21. The number of hydrogen-bond donors (Lipinski definition) is 0. The van der Waals surface area contributed by atoms with Gasteiger partial charge in [0, 0.05) is 0 Å². The van der Waals surface area contributed by atoms with Gasteiger partial charge in [-0.2, -0.15) is 0 Å². The molecule has 0 aliphatic rings. The second kappa shape index (κ2) is 7.73. The van der Waals surface area contributed by atoms with Crippen LogP contribution in [0.3, 0.4) is 0 Å². The molecule has 3 aromatic carbocycles. The Morgan fingerprint density at radius 1 is 0.379 bits per heavy atom. The van der Waals surface area contributed by atoms with Crippen molar-refractivity contribution in [1.29, 1.82) is 0 Å². The fraction of sp³-hybridized carbons (Fsp3) is 0.357. The Bertz CT molecular complexity index is 893. The average molecular weight is 405 g/mol. The predicted octanol–water partition coefficient (Wildman–Crippen LogP) is 6.12. The molecule has 154 valence electrons. The van der Waals surface area contributed by atoms with Crippen LogP contribution < -0.4 is 15.9 Å². The summed E-state index contributed by atoms with van der Waals surface area (Å²) in [5.41, 5.74) is 12.7. The van der Waals surface area contributed by atoms with Crippen LogP contribution in [0.2, 0.25) is 0 Å². The van der Waals surface area contributed by atoms with Crippen molar-refractivity contribution in [2.45, 2.75) is 62.3 Å². The van der Waals surface area contributed by atoms with Crippen molar-refractivity contribution in [3.05, 3.63) is 86.5 Å². The molecule has 0 aliphatic heterocycles. The standard InChI is InChI=1S/C28H37P/c1-17-11-20(4)26(21(5)12-17)29(10,27-22(6)13-18(2)14-23(27)7)28-24(8)15-19(3)16-25(28)9/h11-16,29H,1-10H3. The fourth-order valence-electron chi connectivity index (χ4n) is 6.28. The molecule has 0 heterocycles. The van der Waals surface area contributed by atoms with E-state index in [9.17, 15) is 0 Å². The number of hydrogen-bond acceptors (Lipinski definition) is 0. The van der Waals surface area contributed by atoms with Gasteiger partial charge in [0.05, 0.1) is 0 Å². The summed E-state index contributed by atoms with van der Waals surface area (Å²) in [4.78, 5) is 0. The van der Waals surface area contributed by atoms with E-state index >= 15 is 0 Å². The molecule has 0 atom stereocenters. The molecule has 0 amide bonds. The van der Waals surface area contributed by atoms with Crippen molar-refractivity contribution < 1.29 is 0 Å². The number of rotatable bonds is 3. The Morgan fingerprint density at radius 3 is 0.724 bits per heavy atom. The third-order valence-electron chi connectivity index (χ3n) is 6.53. The van der Waals surface area contributed by atoms with Crippen LogP contribution in [-0.2, 0) is 0 Å². The van der Waals surface area contributed by atoms with Crippen molar-refractivity contribution in [1.82, 2.24) is 0 Å². The van der Waals surface area contributed by atoms with Gasteiger partial charge in [-0.15, -0.1) is 0 Å². The molecule has 29 heavy (non-hydrogen) atoms. The first-order valence-electron chi connectivity index (χ1n) is 10.7. The van der Waals surface area contributed by atoms with Crippen molar-refractivity contribution in [2.24, 2.45) is 0 Å². The fourth-order valence-corrected chi connectivity index (χ4v) is 12.2. The van der Waals surface area contributed by atoms with E-state index in [0.29, 0.717) is 0 Å². The van der Waals surface area contributed by atoms with Crippen molar-refractivity contribution in [3.63, 3.8) is 0 Å². The van der Waals surface area contributed by atoms with Crippen LogP contribution in [0, 0.1) is 62.3 Å². The van der Waals surface area contributed by atoms with E-state index in [1.165, 1.54) is 50.1 Å². The van der Waals surface area contributed by atoms with Crippen LogP contribution in [0.15, 0.2) is 36.4 Å². The predicted molar refractivity (Wildman–Crippen MR) is 135 cm³/mol. The Hall–Kier alpha value is -1.91. The van der Waals surface area contributed by atoms with Gasteiger partial charge in [0.1, 0.15) is 0 Å². The summed E-state index contributed by atoms with van der Waals surface area (Å²) < 4.78 is 0. The van der Waals surface area contributed by atoms with E-state index in [0.717, 1.165) is 0 Å². The van der Waals surface area contributed by atoms with Crippen LogP contribution >= 0.6 is 7.26 Å². The first kappa shape index (κ1) is 21.8. The summed E-state index contributed by atoms with van der Waals surface area (Å²) in [7, 11) is -2.21. The van der Waals surface area contributed by atoms with Crippen LogP contribution in [-0.4, -0.2) is 6.66 Å². The molecule has 0 aromatic heterocycles. The zero-order valence-electron chi connectivity index (χ0n) is 20.0. The molecule has 3 rings (SSSR count). The first-order valence-corrected chi connectivity index (χ1v) is 13.2. The third kappa shape index (κ3) is 3.69. The van der Waals surface area contributed by atoms with Crippen molar-refractivity contribution >= 4 is 23.2 Å². The van der Waals surface area contributed by atoms with Gasteiger partial charge in [-0.25, -0.2) is 0 Å². The Kier molecular flexibility index (Phi) is 5.81. The monoisotopic (exact) mass is 404 g/mol. The molecule has 0 radical (unpaired) electrons. The zero-order chi connectivity index (χ0) is 21.7. The molecule has 0 aliphatic carbocycles. The van der Waals surface area contributed by atoms with Gasteiger partial charge in [-0.3, -0.25) is 0 Å². The summed E-state index contributed by atoms with van der Waals surface area (Å²) in [6.07, 6.45) is 0. The third-order valence-corrected chi connectivity index (χ3v) is 11.9. The van der Waals surface area contributed by atoms with Gasteiger partial charge in [0.25, 0.3) is 0 Å². The normalized spacial score (nSPS) is 12.3. The molecule has 3 aromatic rings. The topological polar surface area (TPSA) is 0 Å².